The number of imidazole rings is 1. The number of amides is 1. The number of benzene rings is 1. The van der Waals surface area contributed by atoms with Crippen LogP contribution in [0.1, 0.15) is 28.0 Å². The molecule has 1 amide bonds. The summed E-state index contributed by atoms with van der Waals surface area (Å²) in [5.41, 5.74) is 1.24. The van der Waals surface area contributed by atoms with Gasteiger partial charge in [0.2, 0.25) is 0 Å². The number of aromatic nitrogens is 2. The molecule has 0 aliphatic rings. The number of carbonyl (C=O) groups excluding carboxylic acids is 1. The lowest BCUT2D eigenvalue weighted by molar-refractivity contribution is -0.136. The highest BCUT2D eigenvalue weighted by atomic mass is 19.1. The van der Waals surface area contributed by atoms with E-state index in [0.29, 0.717) is 11.3 Å². The number of halogens is 2. The van der Waals surface area contributed by atoms with Crippen molar-refractivity contribution >= 4 is 17.5 Å². The summed E-state index contributed by atoms with van der Waals surface area (Å²) in [4.78, 5) is 27.0. The first-order valence-corrected chi connectivity index (χ1v) is 8.22. The molecule has 3 aromatic rings. The Morgan fingerprint density at radius 2 is 1.89 bits per heavy atom. The van der Waals surface area contributed by atoms with Gasteiger partial charge in [0.25, 0.3) is 5.91 Å². The van der Waals surface area contributed by atoms with Crippen LogP contribution in [0.2, 0.25) is 0 Å². The predicted molar refractivity (Wildman–Crippen MR) is 94.6 cm³/mol. The first-order chi connectivity index (χ1) is 12.8. The molecule has 2 N–H and O–H groups in total. The van der Waals surface area contributed by atoms with Gasteiger partial charge >= 0.3 is 5.97 Å². The lowest BCUT2D eigenvalue weighted by atomic mass is 10.0. The van der Waals surface area contributed by atoms with Gasteiger partial charge in [0.05, 0.1) is 23.4 Å². The van der Waals surface area contributed by atoms with Gasteiger partial charge in [-0.05, 0) is 36.8 Å². The summed E-state index contributed by atoms with van der Waals surface area (Å²) in [7, 11) is 1.36. The molecule has 1 aromatic carbocycles. The number of fused-ring (bicyclic) bond motifs is 1. The Labute approximate surface area is 153 Å². The van der Waals surface area contributed by atoms with Gasteiger partial charge in [-0.1, -0.05) is 0 Å². The summed E-state index contributed by atoms with van der Waals surface area (Å²) in [5.74, 6) is -3.52. The molecule has 3 rings (SSSR count). The third-order valence-electron chi connectivity index (χ3n) is 4.22. The van der Waals surface area contributed by atoms with Gasteiger partial charge in [0, 0.05) is 25.2 Å². The van der Waals surface area contributed by atoms with E-state index in [2.05, 4.69) is 10.3 Å². The maximum Gasteiger partial charge on any atom is 0.303 e. The Morgan fingerprint density at radius 1 is 1.22 bits per heavy atom. The number of nitrogens with zero attached hydrogens (tertiary/aromatic N) is 2. The molecule has 6 nitrogen and oxygen atoms in total. The van der Waals surface area contributed by atoms with E-state index < -0.39 is 23.5 Å². The molecular formula is C19H17F2N3O3. The van der Waals surface area contributed by atoms with Crippen LogP contribution < -0.4 is 5.32 Å². The normalized spacial score (nSPS) is 11.0. The monoisotopic (exact) mass is 373 g/mol. The molecule has 2 heterocycles. The highest BCUT2D eigenvalue weighted by molar-refractivity contribution is 5.94. The molecule has 8 heteroatoms. The number of carbonyl (C=O) groups is 2. The predicted octanol–water partition coefficient (Wildman–Crippen LogP) is 2.96. The highest BCUT2D eigenvalue weighted by Gasteiger charge is 2.23. The molecule has 0 saturated carbocycles. The molecule has 0 fully saturated rings. The molecule has 27 heavy (non-hydrogen) atoms. The number of hydrogen-bond donors (Lipinski definition) is 2. The topological polar surface area (TPSA) is 83.7 Å². The fourth-order valence-corrected chi connectivity index (χ4v) is 2.94. The van der Waals surface area contributed by atoms with Crippen molar-refractivity contribution < 1.29 is 23.5 Å². The van der Waals surface area contributed by atoms with E-state index in [1.165, 1.54) is 7.05 Å². The molecule has 0 unspecified atom stereocenters. The van der Waals surface area contributed by atoms with Crippen molar-refractivity contribution in [1.82, 2.24) is 14.7 Å². The largest absolute Gasteiger partial charge is 0.481 e. The van der Waals surface area contributed by atoms with Gasteiger partial charge in [-0.2, -0.15) is 0 Å². The molecule has 0 saturated heterocycles. The summed E-state index contributed by atoms with van der Waals surface area (Å²) in [6.45, 7) is 1.85. The number of pyridine rings is 1. The van der Waals surface area contributed by atoms with Crippen molar-refractivity contribution in [2.75, 3.05) is 7.05 Å². The maximum absolute atomic E-state index is 14.7. The van der Waals surface area contributed by atoms with Crippen LogP contribution >= 0.6 is 0 Å². The Morgan fingerprint density at radius 3 is 2.48 bits per heavy atom. The SMILES string of the molecule is CNC(=O)c1cc(F)c(-c2nc3cc(C)ccn3c2CCC(=O)O)c(F)c1. The van der Waals surface area contributed by atoms with Crippen molar-refractivity contribution in [1.29, 1.82) is 0 Å². The van der Waals surface area contributed by atoms with E-state index in [1.807, 2.05) is 6.92 Å². The second kappa shape index (κ2) is 7.14. The number of carboxylic acid groups (broad SMARTS) is 1. The van der Waals surface area contributed by atoms with Gasteiger partial charge in [-0.25, -0.2) is 13.8 Å². The van der Waals surface area contributed by atoms with E-state index in [1.54, 1.807) is 22.7 Å². The summed E-state index contributed by atoms with van der Waals surface area (Å²) in [6, 6.07) is 5.41. The average Bonchev–Trinajstić information content (AvgIpc) is 2.95. The lowest BCUT2D eigenvalue weighted by Crippen LogP contribution is -2.18. The van der Waals surface area contributed by atoms with Crippen LogP contribution in [0.15, 0.2) is 30.5 Å². The van der Waals surface area contributed by atoms with Crippen LogP contribution in [0.25, 0.3) is 16.9 Å². The molecule has 2 aromatic heterocycles. The summed E-state index contributed by atoms with van der Waals surface area (Å²) in [5, 5.41) is 11.3. The zero-order valence-electron chi connectivity index (χ0n) is 14.7. The summed E-state index contributed by atoms with van der Waals surface area (Å²) in [6.07, 6.45) is 1.52. The third-order valence-corrected chi connectivity index (χ3v) is 4.22. The molecule has 0 bridgehead atoms. The van der Waals surface area contributed by atoms with E-state index >= 15 is 0 Å². The minimum Gasteiger partial charge on any atom is -0.481 e. The van der Waals surface area contributed by atoms with Gasteiger partial charge in [-0.15, -0.1) is 0 Å². The Balaban J connectivity index is 2.22. The van der Waals surface area contributed by atoms with Crippen LogP contribution in [-0.4, -0.2) is 33.4 Å². The van der Waals surface area contributed by atoms with Gasteiger partial charge in [0.15, 0.2) is 0 Å². The molecule has 0 aliphatic heterocycles. The average molecular weight is 373 g/mol. The first-order valence-electron chi connectivity index (χ1n) is 8.22. The Kier molecular flexibility index (Phi) is 4.89. The van der Waals surface area contributed by atoms with Crippen LogP contribution in [0.5, 0.6) is 0 Å². The minimum absolute atomic E-state index is 0.0281. The number of nitrogens with one attached hydrogen (secondary N) is 1. The molecular weight excluding hydrogens is 356 g/mol. The first kappa shape index (κ1) is 18.5. The zero-order valence-corrected chi connectivity index (χ0v) is 14.7. The molecule has 0 radical (unpaired) electrons. The van der Waals surface area contributed by atoms with Gasteiger partial charge in [0.1, 0.15) is 17.3 Å². The van der Waals surface area contributed by atoms with Crippen LogP contribution in [-0.2, 0) is 11.2 Å². The van der Waals surface area contributed by atoms with E-state index in [-0.39, 0.29) is 29.7 Å². The summed E-state index contributed by atoms with van der Waals surface area (Å²) >= 11 is 0. The fraction of sp³-hybridized carbons (Fsp3) is 0.211. The van der Waals surface area contributed by atoms with Crippen LogP contribution in [0, 0.1) is 18.6 Å². The van der Waals surface area contributed by atoms with E-state index in [9.17, 15) is 18.4 Å². The fourth-order valence-electron chi connectivity index (χ4n) is 2.94. The Hall–Kier alpha value is -3.29. The number of aliphatic carboxylic acids is 1. The van der Waals surface area contributed by atoms with Crippen molar-refractivity contribution in [2.45, 2.75) is 19.8 Å². The highest BCUT2D eigenvalue weighted by Crippen LogP contribution is 2.31. The second-order valence-corrected chi connectivity index (χ2v) is 6.13. The van der Waals surface area contributed by atoms with Crippen molar-refractivity contribution in [3.8, 4) is 11.3 Å². The van der Waals surface area contributed by atoms with Crippen LogP contribution in [0.4, 0.5) is 8.78 Å². The second-order valence-electron chi connectivity index (χ2n) is 6.13. The van der Waals surface area contributed by atoms with Crippen molar-refractivity contribution in [2.24, 2.45) is 0 Å². The van der Waals surface area contributed by atoms with E-state index in [4.69, 9.17) is 5.11 Å². The molecule has 0 atom stereocenters. The number of carboxylic acids is 1. The van der Waals surface area contributed by atoms with Gasteiger partial charge in [-0.3, -0.25) is 9.59 Å². The number of rotatable bonds is 5. The Bertz CT molecular complexity index is 1040. The quantitative estimate of drug-likeness (QED) is 0.720. The number of hydrogen-bond acceptors (Lipinski definition) is 3. The van der Waals surface area contributed by atoms with Crippen molar-refractivity contribution in [3.63, 3.8) is 0 Å². The van der Waals surface area contributed by atoms with E-state index in [0.717, 1.165) is 17.7 Å². The molecule has 140 valence electrons. The molecule has 0 spiro atoms. The van der Waals surface area contributed by atoms with Crippen LogP contribution in [0.3, 0.4) is 0 Å². The van der Waals surface area contributed by atoms with Gasteiger partial charge < -0.3 is 14.8 Å². The standard InChI is InChI=1S/C19H17F2N3O3/c1-10-5-6-24-14(3-4-16(25)26)18(23-15(24)7-10)17-12(20)8-11(9-13(17)21)19(27)22-2/h5-9H,3-4H2,1-2H3,(H,22,27)(H,25,26). The lowest BCUT2D eigenvalue weighted by Gasteiger charge is -2.08. The zero-order chi connectivity index (χ0) is 19.7. The number of aryl methyl sites for hydroxylation is 2. The van der Waals surface area contributed by atoms with Crippen molar-refractivity contribution in [3.05, 3.63) is 58.9 Å². The molecule has 0 aliphatic carbocycles. The third kappa shape index (κ3) is 3.51. The minimum atomic E-state index is -1.03. The summed E-state index contributed by atoms with van der Waals surface area (Å²) < 4.78 is 31.0. The smallest absolute Gasteiger partial charge is 0.303 e. The maximum atomic E-state index is 14.7.